The second-order valence-corrected chi connectivity index (χ2v) is 3.99. The number of hydrogen-bond acceptors (Lipinski definition) is 4. The molecule has 1 aromatic heterocycles. The van der Waals surface area contributed by atoms with Crippen molar-refractivity contribution in [3.63, 3.8) is 0 Å². The van der Waals surface area contributed by atoms with Crippen LogP contribution in [0, 0.1) is 0 Å². The van der Waals surface area contributed by atoms with Crippen LogP contribution in [0.3, 0.4) is 0 Å². The standard InChI is InChI=1S/C10H13NO3S/c1-11(10(13)14-2)6-5-8(12)9-4-3-7-15-9/h3-4,7H,5-6H2,1-2H3. The lowest BCUT2D eigenvalue weighted by Gasteiger charge is -2.14. The van der Waals surface area contributed by atoms with Crippen LogP contribution in [0.5, 0.6) is 0 Å². The molecule has 0 saturated heterocycles. The first kappa shape index (κ1) is 11.7. The van der Waals surface area contributed by atoms with E-state index < -0.39 is 6.09 Å². The average molecular weight is 227 g/mol. The van der Waals surface area contributed by atoms with Crippen molar-refractivity contribution in [3.05, 3.63) is 22.4 Å². The van der Waals surface area contributed by atoms with E-state index in [4.69, 9.17) is 0 Å². The summed E-state index contributed by atoms with van der Waals surface area (Å²) in [7, 11) is 2.92. The molecule has 0 atom stereocenters. The lowest BCUT2D eigenvalue weighted by Crippen LogP contribution is -2.28. The van der Waals surface area contributed by atoms with Crippen LogP contribution < -0.4 is 0 Å². The summed E-state index contributed by atoms with van der Waals surface area (Å²) >= 11 is 1.41. The smallest absolute Gasteiger partial charge is 0.409 e. The fourth-order valence-corrected chi connectivity index (χ4v) is 1.77. The topological polar surface area (TPSA) is 46.6 Å². The summed E-state index contributed by atoms with van der Waals surface area (Å²) in [6.45, 7) is 0.378. The first-order valence-corrected chi connectivity index (χ1v) is 5.39. The quantitative estimate of drug-likeness (QED) is 0.739. The SMILES string of the molecule is COC(=O)N(C)CCC(=O)c1cccs1. The zero-order chi connectivity index (χ0) is 11.3. The molecule has 0 aliphatic rings. The van der Waals surface area contributed by atoms with Crippen LogP contribution >= 0.6 is 11.3 Å². The van der Waals surface area contributed by atoms with Gasteiger partial charge in [0.1, 0.15) is 0 Å². The average Bonchev–Trinajstić information content (AvgIpc) is 2.77. The van der Waals surface area contributed by atoms with Gasteiger partial charge in [0.2, 0.25) is 0 Å². The molecule has 0 fully saturated rings. The fraction of sp³-hybridized carbons (Fsp3) is 0.400. The minimum absolute atomic E-state index is 0.0563. The summed E-state index contributed by atoms with van der Waals surface area (Å²) in [4.78, 5) is 24.7. The summed E-state index contributed by atoms with van der Waals surface area (Å²) in [5.41, 5.74) is 0. The van der Waals surface area contributed by atoms with Crippen molar-refractivity contribution in [2.24, 2.45) is 0 Å². The van der Waals surface area contributed by atoms with Gasteiger partial charge in [-0.05, 0) is 11.4 Å². The first-order valence-electron chi connectivity index (χ1n) is 4.51. The number of carbonyl (C=O) groups excluding carboxylic acids is 2. The Morgan fingerprint density at radius 1 is 1.53 bits per heavy atom. The monoisotopic (exact) mass is 227 g/mol. The van der Waals surface area contributed by atoms with Gasteiger partial charge in [-0.3, -0.25) is 4.79 Å². The highest BCUT2D eigenvalue weighted by atomic mass is 32.1. The second-order valence-electron chi connectivity index (χ2n) is 3.04. The number of Topliss-reactive ketones (excluding diaryl/α,β-unsaturated/α-hetero) is 1. The van der Waals surface area contributed by atoms with Gasteiger partial charge in [0, 0.05) is 20.0 Å². The highest BCUT2D eigenvalue weighted by molar-refractivity contribution is 7.12. The van der Waals surface area contributed by atoms with Crippen LogP contribution in [0.4, 0.5) is 4.79 Å². The molecule has 1 rings (SSSR count). The zero-order valence-electron chi connectivity index (χ0n) is 8.73. The number of nitrogens with zero attached hydrogens (tertiary/aromatic N) is 1. The van der Waals surface area contributed by atoms with Crippen molar-refractivity contribution in [2.45, 2.75) is 6.42 Å². The van der Waals surface area contributed by atoms with Gasteiger partial charge in [-0.15, -0.1) is 11.3 Å². The highest BCUT2D eigenvalue weighted by Crippen LogP contribution is 2.11. The number of thiophene rings is 1. The van der Waals surface area contributed by atoms with Gasteiger partial charge < -0.3 is 9.64 Å². The van der Waals surface area contributed by atoms with E-state index in [-0.39, 0.29) is 5.78 Å². The van der Waals surface area contributed by atoms with Crippen LogP contribution in [0.15, 0.2) is 17.5 Å². The lowest BCUT2D eigenvalue weighted by molar-refractivity contribution is 0.0963. The van der Waals surface area contributed by atoms with Crippen molar-refractivity contribution in [1.82, 2.24) is 4.90 Å². The molecule has 0 aromatic carbocycles. The molecule has 0 aliphatic heterocycles. The van der Waals surface area contributed by atoms with E-state index >= 15 is 0 Å². The van der Waals surface area contributed by atoms with Crippen molar-refractivity contribution < 1.29 is 14.3 Å². The maximum absolute atomic E-state index is 11.6. The zero-order valence-corrected chi connectivity index (χ0v) is 9.54. The Morgan fingerprint density at radius 2 is 2.27 bits per heavy atom. The van der Waals surface area contributed by atoms with E-state index in [1.54, 1.807) is 13.1 Å². The van der Waals surface area contributed by atoms with Crippen molar-refractivity contribution in [2.75, 3.05) is 20.7 Å². The molecular weight excluding hydrogens is 214 g/mol. The molecule has 0 unspecified atom stereocenters. The van der Waals surface area contributed by atoms with Gasteiger partial charge in [0.25, 0.3) is 0 Å². The number of rotatable bonds is 4. The van der Waals surface area contributed by atoms with Crippen LogP contribution in [-0.4, -0.2) is 37.5 Å². The summed E-state index contributed by atoms with van der Waals surface area (Å²) in [5.74, 6) is 0.0563. The van der Waals surface area contributed by atoms with Crippen molar-refractivity contribution in [3.8, 4) is 0 Å². The van der Waals surface area contributed by atoms with E-state index in [2.05, 4.69) is 4.74 Å². The fourth-order valence-electron chi connectivity index (χ4n) is 1.08. The van der Waals surface area contributed by atoms with Gasteiger partial charge in [0.15, 0.2) is 5.78 Å². The largest absolute Gasteiger partial charge is 0.453 e. The minimum Gasteiger partial charge on any atom is -0.453 e. The van der Waals surface area contributed by atoms with Gasteiger partial charge >= 0.3 is 6.09 Å². The molecule has 0 aliphatic carbocycles. The summed E-state index contributed by atoms with van der Waals surface area (Å²) in [6.07, 6.45) is -0.0967. The molecule has 0 saturated carbocycles. The highest BCUT2D eigenvalue weighted by Gasteiger charge is 2.11. The van der Waals surface area contributed by atoms with Crippen molar-refractivity contribution >= 4 is 23.2 Å². The normalized spacial score (nSPS) is 9.73. The van der Waals surface area contributed by atoms with Gasteiger partial charge in [-0.2, -0.15) is 0 Å². The van der Waals surface area contributed by atoms with Crippen LogP contribution in [-0.2, 0) is 4.74 Å². The molecule has 1 aromatic rings. The van der Waals surface area contributed by atoms with E-state index in [0.29, 0.717) is 13.0 Å². The van der Waals surface area contributed by atoms with Crippen molar-refractivity contribution in [1.29, 1.82) is 0 Å². The minimum atomic E-state index is -0.422. The summed E-state index contributed by atoms with van der Waals surface area (Å²) in [5, 5.41) is 1.86. The Kier molecular flexibility index (Phi) is 4.30. The number of ether oxygens (including phenoxy) is 1. The third-order valence-corrected chi connectivity index (χ3v) is 2.87. The van der Waals surface area contributed by atoms with Gasteiger partial charge in [0.05, 0.1) is 12.0 Å². The van der Waals surface area contributed by atoms with Gasteiger partial charge in [-0.25, -0.2) is 4.79 Å². The Hall–Kier alpha value is -1.36. The molecular formula is C10H13NO3S. The number of hydrogen-bond donors (Lipinski definition) is 0. The van der Waals surface area contributed by atoms with Crippen LogP contribution in [0.25, 0.3) is 0 Å². The number of amides is 1. The maximum atomic E-state index is 11.6. The molecule has 5 heteroatoms. The van der Waals surface area contributed by atoms with Gasteiger partial charge in [-0.1, -0.05) is 6.07 Å². The van der Waals surface area contributed by atoms with E-state index in [0.717, 1.165) is 4.88 Å². The third-order valence-electron chi connectivity index (χ3n) is 1.96. The summed E-state index contributed by atoms with van der Waals surface area (Å²) in [6, 6.07) is 3.62. The van der Waals surface area contributed by atoms with E-state index in [9.17, 15) is 9.59 Å². The Morgan fingerprint density at radius 3 is 2.80 bits per heavy atom. The Balaban J connectivity index is 2.38. The predicted molar refractivity (Wildman–Crippen MR) is 58.3 cm³/mol. The molecule has 0 spiro atoms. The molecule has 0 N–H and O–H groups in total. The Bertz CT molecular complexity index is 334. The molecule has 0 bridgehead atoms. The number of ketones is 1. The summed E-state index contributed by atoms with van der Waals surface area (Å²) < 4.78 is 4.51. The molecule has 82 valence electrons. The number of carbonyl (C=O) groups is 2. The molecule has 0 radical (unpaired) electrons. The second kappa shape index (κ2) is 5.50. The Labute approximate surface area is 92.5 Å². The lowest BCUT2D eigenvalue weighted by atomic mass is 10.2. The predicted octanol–water partition coefficient (Wildman–Crippen LogP) is 2.02. The van der Waals surface area contributed by atoms with E-state index in [1.165, 1.54) is 23.3 Å². The first-order chi connectivity index (χ1) is 7.15. The maximum Gasteiger partial charge on any atom is 0.409 e. The molecule has 4 nitrogen and oxygen atoms in total. The third kappa shape index (κ3) is 3.36. The molecule has 1 amide bonds. The molecule has 1 heterocycles. The molecule has 15 heavy (non-hydrogen) atoms. The van der Waals surface area contributed by atoms with Crippen LogP contribution in [0.1, 0.15) is 16.1 Å². The van der Waals surface area contributed by atoms with Crippen LogP contribution in [0.2, 0.25) is 0 Å². The number of methoxy groups -OCH3 is 1. The van der Waals surface area contributed by atoms with E-state index in [1.807, 2.05) is 11.4 Å².